The summed E-state index contributed by atoms with van der Waals surface area (Å²) in [4.78, 5) is 95.4. The lowest BCUT2D eigenvalue weighted by Gasteiger charge is -2.50. The van der Waals surface area contributed by atoms with Gasteiger partial charge in [0.25, 0.3) is 0 Å². The molecule has 1 aromatic heterocycles. The molecule has 1 aliphatic heterocycles. The summed E-state index contributed by atoms with van der Waals surface area (Å²) in [6.07, 6.45) is 9.13. The Morgan fingerprint density at radius 1 is 0.625 bits per heavy atom. The van der Waals surface area contributed by atoms with Crippen molar-refractivity contribution in [1.82, 2.24) is 10.3 Å². The molecule has 4 rings (SSSR count). The van der Waals surface area contributed by atoms with E-state index in [4.69, 9.17) is 19.2 Å². The molecule has 2 fully saturated rings. The zero-order chi connectivity index (χ0) is 67.0. The topological polar surface area (TPSA) is 203 Å². The molecule has 0 saturated heterocycles. The van der Waals surface area contributed by atoms with Gasteiger partial charge in [-0.1, -0.05) is 159 Å². The predicted molar refractivity (Wildman–Crippen MR) is 361 cm³/mol. The van der Waals surface area contributed by atoms with Gasteiger partial charge in [0.15, 0.2) is 0 Å². The highest BCUT2D eigenvalue weighted by Gasteiger charge is 2.51. The number of allylic oxidation sites excluding steroid dienone is 1. The number of aromatic nitrogens is 1. The number of thioether (sulfide) groups is 1. The molecule has 0 aromatic carbocycles. The zero-order valence-corrected chi connectivity index (χ0v) is 60.5. The monoisotopic (exact) mass is 1250 g/mol. The van der Waals surface area contributed by atoms with Crippen molar-refractivity contribution in [3.8, 4) is 0 Å². The third kappa shape index (κ3) is 18.4. The predicted octanol–water partition coefficient (Wildman–Crippen LogP) is 17.8. The molecule has 2 amide bonds. The number of carbonyl (C=O) groups is 6. The number of carboxylic acids is 1. The lowest BCUT2D eigenvalue weighted by molar-refractivity contribution is -0.164. The number of hydrogen-bond donors (Lipinski definition) is 4. The minimum atomic E-state index is -0.909. The third-order valence-electron chi connectivity index (χ3n) is 20.9. The minimum absolute atomic E-state index is 0.0204. The van der Waals surface area contributed by atoms with E-state index in [0.717, 1.165) is 25.7 Å². The first-order chi connectivity index (χ1) is 40.5. The summed E-state index contributed by atoms with van der Waals surface area (Å²) in [6.45, 7) is 53.1. The average Bonchev–Trinajstić information content (AvgIpc) is 1.44. The van der Waals surface area contributed by atoms with Gasteiger partial charge in [0, 0.05) is 40.2 Å². The number of aliphatic imine (C=N–C) groups is 1. The van der Waals surface area contributed by atoms with Gasteiger partial charge in [-0.2, -0.15) is 11.8 Å². The Morgan fingerprint density at radius 3 is 1.45 bits per heavy atom. The van der Waals surface area contributed by atoms with E-state index in [0.29, 0.717) is 97.9 Å². The summed E-state index contributed by atoms with van der Waals surface area (Å²) in [5, 5.41) is 15.9. The second-order valence-electron chi connectivity index (χ2n) is 32.5. The number of hydrogen-bond acceptors (Lipinski definition) is 11. The summed E-state index contributed by atoms with van der Waals surface area (Å²) < 4.78 is 19.8. The van der Waals surface area contributed by atoms with Crippen LogP contribution in [-0.4, -0.2) is 81.9 Å². The highest BCUT2D eigenvalue weighted by Crippen LogP contribution is 2.53. The fourth-order valence-corrected chi connectivity index (χ4v) is 15.1. The standard InChI is InChI=1S/C73H122N4O10S/c1-26-71(24,25)66(84)85-35-31-33-72(27-2,28-3)64(82)76-60-56(62(80)86-58-47(67(12,13)14)37-45(10)38-48(58)68(15,16)17)54(43(6)7)51(74-60)41-52-55(44(8)9)57(61(75-52)77-65(83)73(29-4,30-5)34-32-36-88-42-53(78)79)63(81)87-59-49(69(18,19)20)39-46(11)40-50(59)70(21,22)23/h41,43-50,58-59,75H,26-40,42H2,1-25H3,(H,77,83)(H,78,79)(H,74,76,82). The first kappa shape index (κ1) is 76.1. The van der Waals surface area contributed by atoms with Crippen molar-refractivity contribution in [2.75, 3.05) is 23.4 Å². The quantitative estimate of drug-likeness (QED) is 0.0390. The van der Waals surface area contributed by atoms with Crippen LogP contribution >= 0.6 is 11.8 Å². The van der Waals surface area contributed by atoms with Crippen LogP contribution in [0.4, 0.5) is 5.82 Å². The Labute approximate surface area is 537 Å². The van der Waals surface area contributed by atoms with Gasteiger partial charge in [0.2, 0.25) is 11.8 Å². The van der Waals surface area contributed by atoms with E-state index in [1.807, 2.05) is 82.2 Å². The van der Waals surface area contributed by atoms with Gasteiger partial charge in [-0.05, 0) is 166 Å². The van der Waals surface area contributed by atoms with Crippen LogP contribution in [0, 0.1) is 79.3 Å². The highest BCUT2D eigenvalue weighted by atomic mass is 32.2. The first-order valence-corrected chi connectivity index (χ1v) is 35.0. The molecule has 2 heterocycles. The van der Waals surface area contributed by atoms with Crippen molar-refractivity contribution in [1.29, 1.82) is 0 Å². The fraction of sp³-hybridized carbons (Fsp3) is 0.795. The molecule has 2 saturated carbocycles. The van der Waals surface area contributed by atoms with E-state index in [1.54, 1.807) is 0 Å². The van der Waals surface area contributed by atoms with Crippen LogP contribution in [0.1, 0.15) is 284 Å². The molecule has 4 atom stereocenters. The van der Waals surface area contributed by atoms with Crippen LogP contribution < -0.4 is 10.6 Å². The number of anilines is 1. The number of ether oxygens (including phenoxy) is 3. The maximum absolute atomic E-state index is 15.8. The van der Waals surface area contributed by atoms with Crippen molar-refractivity contribution >= 4 is 65.2 Å². The minimum Gasteiger partial charge on any atom is -0.481 e. The molecule has 0 spiro atoms. The smallest absolute Gasteiger partial charge is 0.342 e. The average molecular weight is 1250 g/mol. The lowest BCUT2D eigenvalue weighted by Crippen LogP contribution is -2.50. The number of carbonyl (C=O) groups excluding carboxylic acids is 5. The molecule has 15 heteroatoms. The number of esters is 3. The molecule has 1 aromatic rings. The molecule has 500 valence electrons. The Morgan fingerprint density at radius 2 is 1.06 bits per heavy atom. The first-order valence-electron chi connectivity index (χ1n) is 33.8. The number of rotatable bonds is 26. The van der Waals surface area contributed by atoms with Gasteiger partial charge in [-0.25, -0.2) is 14.6 Å². The molecule has 0 bridgehead atoms. The van der Waals surface area contributed by atoms with Gasteiger partial charge in [0.05, 0.1) is 23.5 Å². The van der Waals surface area contributed by atoms with Crippen LogP contribution in [0.25, 0.3) is 6.08 Å². The number of amides is 2. The van der Waals surface area contributed by atoms with Crippen LogP contribution in [0.5, 0.6) is 0 Å². The van der Waals surface area contributed by atoms with Crippen molar-refractivity contribution in [3.05, 3.63) is 33.7 Å². The number of amidine groups is 1. The van der Waals surface area contributed by atoms with Crippen LogP contribution in [0.2, 0.25) is 0 Å². The van der Waals surface area contributed by atoms with Crippen molar-refractivity contribution < 1.29 is 48.1 Å². The number of aliphatic carboxylic acids is 1. The largest absolute Gasteiger partial charge is 0.481 e. The second-order valence-corrected chi connectivity index (χ2v) is 33.6. The van der Waals surface area contributed by atoms with E-state index < -0.39 is 46.4 Å². The van der Waals surface area contributed by atoms with E-state index in [2.05, 4.69) is 113 Å². The lowest BCUT2D eigenvalue weighted by atomic mass is 9.59. The second kappa shape index (κ2) is 30.4. The Hall–Kier alpha value is -4.40. The van der Waals surface area contributed by atoms with Gasteiger partial charge < -0.3 is 34.9 Å². The molecule has 4 unspecified atom stereocenters. The summed E-state index contributed by atoms with van der Waals surface area (Å²) in [5.74, 6) is -1.63. The summed E-state index contributed by atoms with van der Waals surface area (Å²) in [5.41, 5.74) is -0.704. The van der Waals surface area contributed by atoms with Gasteiger partial charge in [-0.15, -0.1) is 0 Å². The number of nitrogens with one attached hydrogen (secondary N) is 3. The van der Waals surface area contributed by atoms with Crippen molar-refractivity contribution in [2.45, 2.75) is 275 Å². The van der Waals surface area contributed by atoms with E-state index >= 15 is 19.2 Å². The summed E-state index contributed by atoms with van der Waals surface area (Å²) in [6, 6.07) is 0. The summed E-state index contributed by atoms with van der Waals surface area (Å²) in [7, 11) is 0. The highest BCUT2D eigenvalue weighted by molar-refractivity contribution is 7.99. The molecule has 14 nitrogen and oxygen atoms in total. The molecule has 2 aliphatic carbocycles. The number of aromatic amines is 1. The maximum Gasteiger partial charge on any atom is 0.342 e. The van der Waals surface area contributed by atoms with Gasteiger partial charge >= 0.3 is 23.9 Å². The maximum atomic E-state index is 15.8. The molecule has 88 heavy (non-hydrogen) atoms. The number of carboxylic acid groups (broad SMARTS) is 1. The normalized spacial score (nSPS) is 23.1. The zero-order valence-electron chi connectivity index (χ0n) is 59.6. The number of H-pyrrole nitrogens is 1. The molecule has 4 N–H and O–H groups in total. The Bertz CT molecular complexity index is 2640. The number of nitrogens with zero attached hydrogens (tertiary/aromatic N) is 1. The van der Waals surface area contributed by atoms with Crippen molar-refractivity contribution in [3.63, 3.8) is 0 Å². The Balaban J connectivity index is 2.09. The van der Waals surface area contributed by atoms with Gasteiger partial charge in [0.1, 0.15) is 35.0 Å². The third-order valence-corrected chi connectivity index (χ3v) is 21.9. The van der Waals surface area contributed by atoms with Crippen LogP contribution in [0.3, 0.4) is 0 Å². The van der Waals surface area contributed by atoms with Gasteiger partial charge in [-0.3, -0.25) is 19.2 Å². The van der Waals surface area contributed by atoms with Crippen LogP contribution in [0.15, 0.2) is 21.8 Å². The molecule has 0 radical (unpaired) electrons. The van der Waals surface area contributed by atoms with Crippen molar-refractivity contribution in [2.24, 2.45) is 84.3 Å². The summed E-state index contributed by atoms with van der Waals surface area (Å²) >= 11 is 1.33. The van der Waals surface area contributed by atoms with Crippen LogP contribution in [-0.2, 0) is 38.2 Å². The fourth-order valence-electron chi connectivity index (χ4n) is 14.4. The van der Waals surface area contributed by atoms with E-state index in [1.165, 1.54) is 11.8 Å². The molecule has 3 aliphatic rings. The molecular weight excluding hydrogens is 1120 g/mol. The molecular formula is C73H122N4O10S. The SMILES string of the molecule is CCC(C)(C)C(=O)OCCCC(CC)(CC)C(=O)NC1=NC(=Cc2[nH]c(NC(=O)C(CC)(CC)CCCSCC(=O)O)c(C(=O)OC3C(C(C)(C)C)CC(C)CC3C(C)(C)C)c2C(C)C)C(C(C)C)=C1C(=O)OC1C(C(C)(C)C)CC(C)CC1C(C)(C)C. The van der Waals surface area contributed by atoms with E-state index in [-0.39, 0.29) is 110 Å². The van der Waals surface area contributed by atoms with E-state index in [9.17, 15) is 14.7 Å². The Kier molecular flexibility index (Phi) is 26.2.